The molecule has 2 rings (SSSR count). The first kappa shape index (κ1) is 6.35. The summed E-state index contributed by atoms with van der Waals surface area (Å²) in [5.74, 6) is 1.38. The Morgan fingerprint density at radius 3 is 2.70 bits per heavy atom. The number of carbonyl (C=O) groups is 1. The van der Waals surface area contributed by atoms with Gasteiger partial charge in [0.05, 0.1) is 0 Å². The Kier molecular flexibility index (Phi) is 1.15. The Morgan fingerprint density at radius 2 is 2.50 bits per heavy atom. The number of hydrogen-bond acceptors (Lipinski definition) is 2. The van der Waals surface area contributed by atoms with Crippen molar-refractivity contribution < 1.29 is 9.53 Å². The predicted octanol–water partition coefficient (Wildman–Crippen LogP) is 1.00. The summed E-state index contributed by atoms with van der Waals surface area (Å²) < 4.78 is 5.23. The number of carbonyl (C=O) groups excluding carboxylic acids is 1. The van der Waals surface area contributed by atoms with E-state index in [2.05, 4.69) is 0 Å². The van der Waals surface area contributed by atoms with Crippen molar-refractivity contribution in [2.45, 2.75) is 24.9 Å². The SMILES string of the molecule is COC1(C=O)CCC2CC21. The molecule has 0 amide bonds. The molecular weight excluding hydrogens is 128 g/mol. The van der Waals surface area contributed by atoms with Crippen LogP contribution in [0, 0.1) is 11.8 Å². The van der Waals surface area contributed by atoms with Crippen LogP contribution in [0.2, 0.25) is 0 Å². The van der Waals surface area contributed by atoms with Crippen molar-refractivity contribution in [3.8, 4) is 0 Å². The second-order valence-corrected chi connectivity index (χ2v) is 3.42. The van der Waals surface area contributed by atoms with E-state index < -0.39 is 0 Å². The zero-order valence-electron chi connectivity index (χ0n) is 6.17. The second-order valence-electron chi connectivity index (χ2n) is 3.42. The Morgan fingerprint density at radius 1 is 1.70 bits per heavy atom. The molecule has 0 radical (unpaired) electrons. The highest BCUT2D eigenvalue weighted by molar-refractivity contribution is 5.65. The van der Waals surface area contributed by atoms with Crippen LogP contribution in [0.3, 0.4) is 0 Å². The van der Waals surface area contributed by atoms with Crippen LogP contribution in [-0.2, 0) is 9.53 Å². The first-order chi connectivity index (χ1) is 4.82. The summed E-state index contributed by atoms with van der Waals surface area (Å²) in [6.07, 6.45) is 4.36. The van der Waals surface area contributed by atoms with E-state index in [-0.39, 0.29) is 5.60 Å². The fourth-order valence-electron chi connectivity index (χ4n) is 2.21. The quantitative estimate of drug-likeness (QED) is 0.535. The van der Waals surface area contributed by atoms with E-state index >= 15 is 0 Å². The number of hydrogen-bond donors (Lipinski definition) is 0. The van der Waals surface area contributed by atoms with Gasteiger partial charge in [0.15, 0.2) is 6.29 Å². The number of ether oxygens (including phenoxy) is 1. The van der Waals surface area contributed by atoms with E-state index in [1.165, 1.54) is 12.8 Å². The van der Waals surface area contributed by atoms with Gasteiger partial charge in [0.25, 0.3) is 0 Å². The van der Waals surface area contributed by atoms with Gasteiger partial charge in [-0.3, -0.25) is 0 Å². The molecule has 0 aliphatic heterocycles. The van der Waals surface area contributed by atoms with E-state index in [1.54, 1.807) is 7.11 Å². The minimum atomic E-state index is -0.370. The molecule has 0 spiro atoms. The van der Waals surface area contributed by atoms with Crippen LogP contribution in [-0.4, -0.2) is 19.0 Å². The van der Waals surface area contributed by atoms with E-state index in [4.69, 9.17) is 4.74 Å². The molecule has 0 bridgehead atoms. The van der Waals surface area contributed by atoms with Gasteiger partial charge in [-0.15, -0.1) is 0 Å². The highest BCUT2D eigenvalue weighted by atomic mass is 16.5. The maximum Gasteiger partial charge on any atom is 0.152 e. The largest absolute Gasteiger partial charge is 0.370 e. The average Bonchev–Trinajstić information content (AvgIpc) is 2.68. The summed E-state index contributed by atoms with van der Waals surface area (Å²) in [5, 5.41) is 0. The summed E-state index contributed by atoms with van der Waals surface area (Å²) >= 11 is 0. The molecule has 0 heterocycles. The molecule has 3 atom stereocenters. The first-order valence-corrected chi connectivity index (χ1v) is 3.84. The van der Waals surface area contributed by atoms with Crippen LogP contribution >= 0.6 is 0 Å². The Labute approximate surface area is 60.6 Å². The number of aldehydes is 1. The van der Waals surface area contributed by atoms with Crippen molar-refractivity contribution in [1.29, 1.82) is 0 Å². The summed E-state index contributed by atoms with van der Waals surface area (Å²) in [6, 6.07) is 0. The molecule has 2 aliphatic carbocycles. The third-order valence-electron chi connectivity index (χ3n) is 3.04. The maximum atomic E-state index is 10.7. The third kappa shape index (κ3) is 0.601. The van der Waals surface area contributed by atoms with Crippen molar-refractivity contribution in [3.63, 3.8) is 0 Å². The highest BCUT2D eigenvalue weighted by Crippen LogP contribution is 2.57. The lowest BCUT2D eigenvalue weighted by atomic mass is 10.00. The summed E-state index contributed by atoms with van der Waals surface area (Å²) in [5.41, 5.74) is -0.370. The molecule has 3 unspecified atom stereocenters. The van der Waals surface area contributed by atoms with Gasteiger partial charge >= 0.3 is 0 Å². The molecule has 56 valence electrons. The van der Waals surface area contributed by atoms with Crippen molar-refractivity contribution in [1.82, 2.24) is 0 Å². The van der Waals surface area contributed by atoms with Crippen molar-refractivity contribution in [2.75, 3.05) is 7.11 Å². The first-order valence-electron chi connectivity index (χ1n) is 3.84. The number of fused-ring (bicyclic) bond motifs is 1. The average molecular weight is 140 g/mol. The molecule has 2 saturated carbocycles. The third-order valence-corrected chi connectivity index (χ3v) is 3.04. The summed E-state index contributed by atoms with van der Waals surface area (Å²) in [7, 11) is 1.65. The van der Waals surface area contributed by atoms with E-state index in [0.29, 0.717) is 5.92 Å². The Hall–Kier alpha value is -0.370. The fraction of sp³-hybridized carbons (Fsp3) is 0.875. The molecule has 0 aromatic heterocycles. The summed E-state index contributed by atoms with van der Waals surface area (Å²) in [4.78, 5) is 10.7. The molecule has 2 heteroatoms. The lowest BCUT2D eigenvalue weighted by molar-refractivity contribution is -0.129. The van der Waals surface area contributed by atoms with Crippen molar-refractivity contribution >= 4 is 6.29 Å². The minimum Gasteiger partial charge on any atom is -0.370 e. The van der Waals surface area contributed by atoms with Gasteiger partial charge in [0.2, 0.25) is 0 Å². The second kappa shape index (κ2) is 1.82. The van der Waals surface area contributed by atoms with E-state index in [0.717, 1.165) is 18.6 Å². The Balaban J connectivity index is 2.18. The Bertz CT molecular complexity index is 167. The molecule has 2 fully saturated rings. The zero-order valence-corrected chi connectivity index (χ0v) is 6.17. The zero-order chi connectivity index (χ0) is 7.19. The van der Waals surface area contributed by atoms with Gasteiger partial charge in [-0.1, -0.05) is 0 Å². The fourth-order valence-corrected chi connectivity index (χ4v) is 2.21. The monoisotopic (exact) mass is 140 g/mol. The van der Waals surface area contributed by atoms with Gasteiger partial charge in [0.1, 0.15) is 5.60 Å². The minimum absolute atomic E-state index is 0.370. The van der Waals surface area contributed by atoms with E-state index in [9.17, 15) is 4.79 Å². The lowest BCUT2D eigenvalue weighted by Crippen LogP contribution is -2.33. The van der Waals surface area contributed by atoms with Gasteiger partial charge in [-0.25, -0.2) is 0 Å². The van der Waals surface area contributed by atoms with Crippen LogP contribution in [0.4, 0.5) is 0 Å². The molecule has 0 saturated heterocycles. The van der Waals surface area contributed by atoms with Gasteiger partial charge < -0.3 is 9.53 Å². The number of methoxy groups -OCH3 is 1. The van der Waals surface area contributed by atoms with Crippen LogP contribution in [0.25, 0.3) is 0 Å². The predicted molar refractivity (Wildman–Crippen MR) is 36.6 cm³/mol. The molecule has 2 nitrogen and oxygen atoms in total. The standard InChI is InChI=1S/C8H12O2/c1-10-8(5-9)3-2-6-4-7(6)8/h5-7H,2-4H2,1H3. The number of rotatable bonds is 2. The summed E-state index contributed by atoms with van der Waals surface area (Å²) in [6.45, 7) is 0. The van der Waals surface area contributed by atoms with Gasteiger partial charge in [-0.05, 0) is 31.1 Å². The molecule has 0 aromatic carbocycles. The van der Waals surface area contributed by atoms with E-state index in [1.807, 2.05) is 0 Å². The molecule has 0 N–H and O–H groups in total. The maximum absolute atomic E-state index is 10.7. The van der Waals surface area contributed by atoms with Crippen LogP contribution in [0.1, 0.15) is 19.3 Å². The lowest BCUT2D eigenvalue weighted by Gasteiger charge is -2.21. The van der Waals surface area contributed by atoms with Crippen LogP contribution in [0.15, 0.2) is 0 Å². The van der Waals surface area contributed by atoms with Gasteiger partial charge in [0, 0.05) is 7.11 Å². The molecular formula is C8H12O2. The smallest absolute Gasteiger partial charge is 0.152 e. The van der Waals surface area contributed by atoms with Gasteiger partial charge in [-0.2, -0.15) is 0 Å². The van der Waals surface area contributed by atoms with Crippen molar-refractivity contribution in [3.05, 3.63) is 0 Å². The van der Waals surface area contributed by atoms with Crippen LogP contribution in [0.5, 0.6) is 0 Å². The molecule has 0 aromatic rings. The highest BCUT2D eigenvalue weighted by Gasteiger charge is 2.58. The van der Waals surface area contributed by atoms with Crippen LogP contribution < -0.4 is 0 Å². The van der Waals surface area contributed by atoms with Crippen molar-refractivity contribution in [2.24, 2.45) is 11.8 Å². The molecule has 2 aliphatic rings. The molecule has 10 heavy (non-hydrogen) atoms. The topological polar surface area (TPSA) is 26.3 Å². The normalized spacial score (nSPS) is 50.5.